The van der Waals surface area contributed by atoms with Crippen LogP contribution in [0.15, 0.2) is 54.6 Å². The Morgan fingerprint density at radius 2 is 1.59 bits per heavy atom. The average molecular weight is 372 g/mol. The predicted molar refractivity (Wildman–Crippen MR) is 98.3 cm³/mol. The summed E-state index contributed by atoms with van der Waals surface area (Å²) in [5.74, 6) is -0.860. The number of nitrogens with one attached hydrogen (secondary N) is 2. The average Bonchev–Trinajstić information content (AvgIpc) is 2.63. The number of aromatic nitrogens is 2. The van der Waals surface area contributed by atoms with Crippen molar-refractivity contribution in [2.24, 2.45) is 0 Å². The summed E-state index contributed by atoms with van der Waals surface area (Å²) in [6, 6.07) is 17.3. The zero-order chi connectivity index (χ0) is 18.9. The molecule has 4 rings (SSSR count). The number of halogens is 3. The normalized spacial score (nSPS) is 19.7. The maximum Gasteiger partial charge on any atom is 0.451 e. The lowest BCUT2D eigenvalue weighted by Gasteiger charge is -2.37. The van der Waals surface area contributed by atoms with Gasteiger partial charge in [0.2, 0.25) is 5.82 Å². The summed E-state index contributed by atoms with van der Waals surface area (Å²) < 4.78 is 39.3. The molecule has 27 heavy (non-hydrogen) atoms. The van der Waals surface area contributed by atoms with Gasteiger partial charge in [-0.25, -0.2) is 9.97 Å². The van der Waals surface area contributed by atoms with Crippen molar-refractivity contribution >= 4 is 16.7 Å². The minimum absolute atomic E-state index is 0.0951. The molecule has 0 saturated heterocycles. The number of anilines is 1. The van der Waals surface area contributed by atoms with Crippen LogP contribution in [0.2, 0.25) is 0 Å². The van der Waals surface area contributed by atoms with Gasteiger partial charge in [-0.1, -0.05) is 42.5 Å². The van der Waals surface area contributed by atoms with Gasteiger partial charge in [0.05, 0.1) is 5.52 Å². The summed E-state index contributed by atoms with van der Waals surface area (Å²) in [7, 11) is 0. The number of hydrogen-bond donors (Lipinski definition) is 2. The van der Waals surface area contributed by atoms with Gasteiger partial charge in [-0.2, -0.15) is 13.2 Å². The molecule has 1 aromatic heterocycles. The van der Waals surface area contributed by atoms with Crippen LogP contribution in [0, 0.1) is 0 Å². The van der Waals surface area contributed by atoms with Gasteiger partial charge in [-0.15, -0.1) is 0 Å². The van der Waals surface area contributed by atoms with E-state index in [1.165, 1.54) is 5.56 Å². The highest BCUT2D eigenvalue weighted by Gasteiger charge is 2.36. The van der Waals surface area contributed by atoms with Crippen LogP contribution in [0.25, 0.3) is 10.9 Å². The molecule has 0 atom stereocenters. The first kappa shape index (κ1) is 17.7. The Morgan fingerprint density at radius 3 is 2.33 bits per heavy atom. The van der Waals surface area contributed by atoms with Crippen molar-refractivity contribution in [1.82, 2.24) is 15.3 Å². The van der Waals surface area contributed by atoms with Gasteiger partial charge >= 0.3 is 6.18 Å². The maximum absolute atomic E-state index is 13.1. The predicted octanol–water partition coefficient (Wildman–Crippen LogP) is 4.38. The fraction of sp³-hybridized carbons (Fsp3) is 0.300. The molecular formula is C20H19F3N4. The Balaban J connectivity index is 1.42. The minimum Gasteiger partial charge on any atom is -0.367 e. The molecule has 0 radical (unpaired) electrons. The van der Waals surface area contributed by atoms with Crippen LogP contribution in [-0.2, 0) is 12.7 Å². The highest BCUT2D eigenvalue weighted by molar-refractivity contribution is 5.89. The number of nitrogens with zero attached hydrogens (tertiary/aromatic N) is 2. The Labute approximate surface area is 154 Å². The Kier molecular flexibility index (Phi) is 4.70. The third-order valence-electron chi connectivity index (χ3n) is 4.77. The molecule has 1 saturated carbocycles. The summed E-state index contributed by atoms with van der Waals surface area (Å²) in [5, 5.41) is 7.25. The molecule has 1 heterocycles. The molecule has 1 fully saturated rings. The van der Waals surface area contributed by atoms with E-state index < -0.39 is 12.0 Å². The van der Waals surface area contributed by atoms with E-state index in [2.05, 4.69) is 32.7 Å². The van der Waals surface area contributed by atoms with E-state index in [0.29, 0.717) is 16.9 Å². The lowest BCUT2D eigenvalue weighted by atomic mass is 9.86. The summed E-state index contributed by atoms with van der Waals surface area (Å²) >= 11 is 0. The van der Waals surface area contributed by atoms with Gasteiger partial charge in [-0.3, -0.25) is 0 Å². The molecule has 0 aliphatic heterocycles. The lowest BCUT2D eigenvalue weighted by molar-refractivity contribution is -0.144. The van der Waals surface area contributed by atoms with Gasteiger partial charge in [0, 0.05) is 24.0 Å². The first-order valence-corrected chi connectivity index (χ1v) is 8.87. The van der Waals surface area contributed by atoms with E-state index in [9.17, 15) is 13.2 Å². The van der Waals surface area contributed by atoms with E-state index in [1.807, 2.05) is 18.2 Å². The lowest BCUT2D eigenvalue weighted by Crippen LogP contribution is -2.47. The highest BCUT2D eigenvalue weighted by Crippen LogP contribution is 2.32. The largest absolute Gasteiger partial charge is 0.451 e. The SMILES string of the molecule is FC(F)(F)c1nc(NC2CC(NCc3ccccc3)C2)c2ccccc2n1. The molecule has 0 bridgehead atoms. The van der Waals surface area contributed by atoms with Gasteiger partial charge in [0.15, 0.2) is 0 Å². The smallest absolute Gasteiger partial charge is 0.367 e. The first-order valence-electron chi connectivity index (χ1n) is 8.87. The number of hydrogen-bond acceptors (Lipinski definition) is 4. The van der Waals surface area contributed by atoms with E-state index in [-0.39, 0.29) is 11.9 Å². The number of para-hydroxylation sites is 1. The maximum atomic E-state index is 13.1. The molecule has 7 heteroatoms. The second-order valence-corrected chi connectivity index (χ2v) is 6.79. The van der Waals surface area contributed by atoms with Crippen molar-refractivity contribution in [2.75, 3.05) is 5.32 Å². The van der Waals surface area contributed by atoms with Crippen LogP contribution in [0.5, 0.6) is 0 Å². The number of alkyl halides is 3. The van der Waals surface area contributed by atoms with Gasteiger partial charge in [0.25, 0.3) is 0 Å². The molecule has 0 amide bonds. The number of benzene rings is 2. The van der Waals surface area contributed by atoms with Gasteiger partial charge in [-0.05, 0) is 30.5 Å². The standard InChI is InChI=1S/C20H19F3N4/c21-20(22,23)19-26-17-9-5-4-8-16(17)18(27-19)25-15-10-14(11-15)24-12-13-6-2-1-3-7-13/h1-9,14-15,24H,10-12H2,(H,25,26,27). The minimum atomic E-state index is -4.57. The van der Waals surface area contributed by atoms with Crippen LogP contribution < -0.4 is 10.6 Å². The zero-order valence-corrected chi connectivity index (χ0v) is 14.5. The summed E-state index contributed by atoms with van der Waals surface area (Å²) in [5.41, 5.74) is 1.51. The Bertz CT molecular complexity index is 921. The molecule has 0 unspecified atom stereocenters. The van der Waals surface area contributed by atoms with E-state index in [4.69, 9.17) is 0 Å². The van der Waals surface area contributed by atoms with E-state index in [0.717, 1.165) is 19.4 Å². The molecule has 3 aromatic rings. The van der Waals surface area contributed by atoms with Crippen molar-refractivity contribution < 1.29 is 13.2 Å². The fourth-order valence-corrected chi connectivity index (χ4v) is 3.27. The van der Waals surface area contributed by atoms with E-state index in [1.54, 1.807) is 24.3 Å². The van der Waals surface area contributed by atoms with Crippen molar-refractivity contribution in [2.45, 2.75) is 37.6 Å². The second kappa shape index (κ2) is 7.15. The van der Waals surface area contributed by atoms with Gasteiger partial charge in [0.1, 0.15) is 5.82 Å². The molecule has 1 aliphatic rings. The Hall–Kier alpha value is -2.67. The number of fused-ring (bicyclic) bond motifs is 1. The monoisotopic (exact) mass is 372 g/mol. The van der Waals surface area contributed by atoms with Crippen molar-refractivity contribution in [3.8, 4) is 0 Å². The second-order valence-electron chi connectivity index (χ2n) is 6.79. The van der Waals surface area contributed by atoms with Crippen LogP contribution in [0.3, 0.4) is 0 Å². The van der Waals surface area contributed by atoms with Crippen molar-refractivity contribution in [3.05, 3.63) is 66.0 Å². The molecule has 140 valence electrons. The molecule has 0 spiro atoms. The van der Waals surface area contributed by atoms with E-state index >= 15 is 0 Å². The molecular weight excluding hydrogens is 353 g/mol. The molecule has 2 N–H and O–H groups in total. The third-order valence-corrected chi connectivity index (χ3v) is 4.77. The third kappa shape index (κ3) is 4.03. The molecule has 1 aliphatic carbocycles. The zero-order valence-electron chi connectivity index (χ0n) is 14.5. The van der Waals surface area contributed by atoms with Crippen LogP contribution in [0.1, 0.15) is 24.2 Å². The molecule has 4 nitrogen and oxygen atoms in total. The highest BCUT2D eigenvalue weighted by atomic mass is 19.4. The first-order chi connectivity index (χ1) is 13.0. The van der Waals surface area contributed by atoms with Gasteiger partial charge < -0.3 is 10.6 Å². The number of rotatable bonds is 5. The summed E-state index contributed by atoms with van der Waals surface area (Å²) in [6.07, 6.45) is -2.89. The quantitative estimate of drug-likeness (QED) is 0.698. The fourth-order valence-electron chi connectivity index (χ4n) is 3.27. The van der Waals surface area contributed by atoms with Crippen molar-refractivity contribution in [3.63, 3.8) is 0 Å². The van der Waals surface area contributed by atoms with Crippen LogP contribution in [-0.4, -0.2) is 22.1 Å². The summed E-state index contributed by atoms with van der Waals surface area (Å²) in [6.45, 7) is 0.785. The Morgan fingerprint density at radius 1 is 0.889 bits per heavy atom. The molecule has 2 aromatic carbocycles. The van der Waals surface area contributed by atoms with Crippen molar-refractivity contribution in [1.29, 1.82) is 0 Å². The summed E-state index contributed by atoms with van der Waals surface area (Å²) in [4.78, 5) is 7.39. The topological polar surface area (TPSA) is 49.8 Å². The van der Waals surface area contributed by atoms with Crippen LogP contribution >= 0.6 is 0 Å². The van der Waals surface area contributed by atoms with Crippen LogP contribution in [0.4, 0.5) is 19.0 Å².